The third-order valence-corrected chi connectivity index (χ3v) is 6.57. The molecule has 0 saturated heterocycles. The van der Waals surface area contributed by atoms with Crippen molar-refractivity contribution in [3.8, 4) is 11.1 Å². The minimum absolute atomic E-state index is 0.935. The van der Waals surface area contributed by atoms with Crippen LogP contribution >= 0.6 is 0 Å². The standard InChI is InChI=1S/C30H18N2/c1-3-10-26-24(8-1)25-9-2-4-11-27(25)30(26)32-31-18-22-15-14-21-13-12-19-6-5-7-20-16-17-23(22)29(21)28(19)20/h1-18H/b31-18-. The van der Waals surface area contributed by atoms with Crippen molar-refractivity contribution in [2.24, 2.45) is 10.2 Å². The zero-order chi connectivity index (χ0) is 21.1. The lowest BCUT2D eigenvalue weighted by molar-refractivity contribution is 1.25. The average Bonchev–Trinajstić information content (AvgIpc) is 3.17. The molecule has 0 amide bonds. The second kappa shape index (κ2) is 6.60. The molecule has 0 aliphatic heterocycles. The van der Waals surface area contributed by atoms with E-state index in [4.69, 9.17) is 5.10 Å². The Balaban J connectivity index is 1.39. The van der Waals surface area contributed by atoms with E-state index in [1.165, 1.54) is 43.4 Å². The van der Waals surface area contributed by atoms with E-state index < -0.39 is 0 Å². The maximum Gasteiger partial charge on any atom is 0.101 e. The van der Waals surface area contributed by atoms with Gasteiger partial charge in [0, 0.05) is 16.7 Å². The molecular formula is C30H18N2. The van der Waals surface area contributed by atoms with Crippen LogP contribution < -0.4 is 0 Å². The molecule has 148 valence electrons. The third-order valence-electron chi connectivity index (χ3n) is 6.57. The Morgan fingerprint density at radius 1 is 0.469 bits per heavy atom. The first-order valence-electron chi connectivity index (χ1n) is 10.9. The SMILES string of the molecule is C(=N/N=C1c2ccccc2-c2ccccc21)/c1ccc2ccc3cccc4ccc1c2c34. The van der Waals surface area contributed by atoms with Gasteiger partial charge in [0.25, 0.3) is 0 Å². The summed E-state index contributed by atoms with van der Waals surface area (Å²) in [5, 5.41) is 16.9. The summed E-state index contributed by atoms with van der Waals surface area (Å²) >= 11 is 0. The molecule has 0 N–H and O–H groups in total. The molecular weight excluding hydrogens is 388 g/mol. The molecule has 1 aliphatic carbocycles. The van der Waals surface area contributed by atoms with E-state index in [-0.39, 0.29) is 0 Å². The Bertz CT molecular complexity index is 1660. The number of rotatable bonds is 2. The molecule has 7 rings (SSSR count). The number of benzene rings is 6. The topological polar surface area (TPSA) is 24.7 Å². The van der Waals surface area contributed by atoms with Gasteiger partial charge in [-0.2, -0.15) is 5.10 Å². The highest BCUT2D eigenvalue weighted by Gasteiger charge is 2.23. The van der Waals surface area contributed by atoms with Crippen molar-refractivity contribution >= 4 is 44.2 Å². The molecule has 0 bridgehead atoms. The Hall–Kier alpha value is -4.30. The van der Waals surface area contributed by atoms with Gasteiger partial charge in [0.1, 0.15) is 5.71 Å². The smallest absolute Gasteiger partial charge is 0.101 e. The van der Waals surface area contributed by atoms with Crippen LogP contribution in [0.3, 0.4) is 0 Å². The lowest BCUT2D eigenvalue weighted by Gasteiger charge is -2.11. The Morgan fingerprint density at radius 2 is 1.03 bits per heavy atom. The summed E-state index contributed by atoms with van der Waals surface area (Å²) in [5.74, 6) is 0. The van der Waals surface area contributed by atoms with Crippen LogP contribution in [0.25, 0.3) is 43.4 Å². The molecule has 6 aromatic rings. The predicted molar refractivity (Wildman–Crippen MR) is 135 cm³/mol. The highest BCUT2D eigenvalue weighted by Crippen LogP contribution is 2.37. The van der Waals surface area contributed by atoms with Gasteiger partial charge in [0.2, 0.25) is 0 Å². The lowest BCUT2D eigenvalue weighted by Crippen LogP contribution is -1.97. The second-order valence-corrected chi connectivity index (χ2v) is 8.30. The van der Waals surface area contributed by atoms with Gasteiger partial charge in [-0.1, -0.05) is 103 Å². The van der Waals surface area contributed by atoms with Gasteiger partial charge >= 0.3 is 0 Å². The molecule has 0 fully saturated rings. The number of hydrogen-bond acceptors (Lipinski definition) is 2. The van der Waals surface area contributed by atoms with Gasteiger partial charge in [-0.25, -0.2) is 0 Å². The van der Waals surface area contributed by atoms with E-state index in [1.54, 1.807) is 0 Å². The molecule has 0 radical (unpaired) electrons. The largest absolute Gasteiger partial charge is 0.158 e. The van der Waals surface area contributed by atoms with Crippen LogP contribution in [0.5, 0.6) is 0 Å². The van der Waals surface area contributed by atoms with Crippen LogP contribution in [0, 0.1) is 0 Å². The second-order valence-electron chi connectivity index (χ2n) is 8.30. The highest BCUT2D eigenvalue weighted by molar-refractivity contribution is 6.26. The van der Waals surface area contributed by atoms with Gasteiger partial charge in [0.05, 0.1) is 6.21 Å². The van der Waals surface area contributed by atoms with Gasteiger partial charge < -0.3 is 0 Å². The van der Waals surface area contributed by atoms with Gasteiger partial charge in [-0.3, -0.25) is 0 Å². The monoisotopic (exact) mass is 406 g/mol. The summed E-state index contributed by atoms with van der Waals surface area (Å²) in [6, 6.07) is 36.5. The molecule has 0 unspecified atom stereocenters. The molecule has 0 saturated carbocycles. The Morgan fingerprint density at radius 3 is 1.72 bits per heavy atom. The highest BCUT2D eigenvalue weighted by atomic mass is 15.2. The molecule has 2 nitrogen and oxygen atoms in total. The third kappa shape index (κ3) is 2.41. The summed E-state index contributed by atoms with van der Waals surface area (Å²) in [4.78, 5) is 0. The summed E-state index contributed by atoms with van der Waals surface area (Å²) in [7, 11) is 0. The molecule has 6 aromatic carbocycles. The van der Waals surface area contributed by atoms with Crippen molar-refractivity contribution in [2.45, 2.75) is 0 Å². The van der Waals surface area contributed by atoms with E-state index >= 15 is 0 Å². The number of fused-ring (bicyclic) bond motifs is 3. The van der Waals surface area contributed by atoms with Crippen molar-refractivity contribution in [3.63, 3.8) is 0 Å². The predicted octanol–water partition coefficient (Wildman–Crippen LogP) is 7.44. The zero-order valence-electron chi connectivity index (χ0n) is 17.3. The van der Waals surface area contributed by atoms with Crippen LogP contribution in [0.15, 0.2) is 113 Å². The first-order chi connectivity index (χ1) is 15.9. The Kier molecular flexibility index (Phi) is 3.58. The van der Waals surface area contributed by atoms with Crippen molar-refractivity contribution < 1.29 is 0 Å². The van der Waals surface area contributed by atoms with Crippen LogP contribution in [0.4, 0.5) is 0 Å². The average molecular weight is 406 g/mol. The molecule has 0 aromatic heterocycles. The van der Waals surface area contributed by atoms with E-state index in [1.807, 2.05) is 6.21 Å². The van der Waals surface area contributed by atoms with Gasteiger partial charge in [0.15, 0.2) is 0 Å². The summed E-state index contributed by atoms with van der Waals surface area (Å²) < 4.78 is 0. The van der Waals surface area contributed by atoms with Crippen LogP contribution in [0.1, 0.15) is 16.7 Å². The quantitative estimate of drug-likeness (QED) is 0.162. The van der Waals surface area contributed by atoms with Gasteiger partial charge in [-0.15, -0.1) is 5.10 Å². The molecule has 0 heterocycles. The van der Waals surface area contributed by atoms with Crippen LogP contribution in [-0.2, 0) is 0 Å². The fraction of sp³-hybridized carbons (Fsp3) is 0. The Labute approximate surface area is 185 Å². The summed E-state index contributed by atoms with van der Waals surface area (Å²) in [6.45, 7) is 0. The summed E-state index contributed by atoms with van der Waals surface area (Å²) in [6.07, 6.45) is 1.89. The fourth-order valence-electron chi connectivity index (χ4n) is 5.12. The minimum atomic E-state index is 0.935. The van der Waals surface area contributed by atoms with Crippen molar-refractivity contribution in [1.82, 2.24) is 0 Å². The van der Waals surface area contributed by atoms with E-state index in [0.29, 0.717) is 0 Å². The fourth-order valence-corrected chi connectivity index (χ4v) is 5.12. The first-order valence-corrected chi connectivity index (χ1v) is 10.9. The van der Waals surface area contributed by atoms with Crippen LogP contribution in [-0.4, -0.2) is 11.9 Å². The normalized spacial score (nSPS) is 12.8. The molecule has 0 spiro atoms. The molecule has 0 atom stereocenters. The minimum Gasteiger partial charge on any atom is -0.158 e. The zero-order valence-corrected chi connectivity index (χ0v) is 17.3. The van der Waals surface area contributed by atoms with Gasteiger partial charge in [-0.05, 0) is 43.4 Å². The van der Waals surface area contributed by atoms with Crippen LogP contribution in [0.2, 0.25) is 0 Å². The molecule has 32 heavy (non-hydrogen) atoms. The van der Waals surface area contributed by atoms with Crippen molar-refractivity contribution in [1.29, 1.82) is 0 Å². The lowest BCUT2D eigenvalue weighted by atomic mass is 9.92. The number of hydrogen-bond donors (Lipinski definition) is 0. The maximum atomic E-state index is 4.70. The maximum absolute atomic E-state index is 4.70. The van der Waals surface area contributed by atoms with E-state index in [2.05, 4.69) is 108 Å². The van der Waals surface area contributed by atoms with E-state index in [0.717, 1.165) is 22.4 Å². The number of nitrogens with zero attached hydrogens (tertiary/aromatic N) is 2. The van der Waals surface area contributed by atoms with E-state index in [9.17, 15) is 0 Å². The first kappa shape index (κ1) is 17.4. The molecule has 1 aliphatic rings. The molecule has 2 heteroatoms. The summed E-state index contributed by atoms with van der Waals surface area (Å²) in [5.41, 5.74) is 6.74. The van der Waals surface area contributed by atoms with Crippen molar-refractivity contribution in [3.05, 3.63) is 120 Å². The van der Waals surface area contributed by atoms with Crippen molar-refractivity contribution in [2.75, 3.05) is 0 Å².